The molecule has 0 unspecified atom stereocenters. The minimum Gasteiger partial charge on any atom is -0.492 e. The summed E-state index contributed by atoms with van der Waals surface area (Å²) in [6.45, 7) is 9.95. The molecule has 0 spiro atoms. The molecule has 0 aromatic carbocycles. The SMILES string of the molecule is C=c1cc(CC)s/c1=C(/C=C(C)C)OCCCC(F)(F)F. The van der Waals surface area contributed by atoms with Gasteiger partial charge in [-0.05, 0) is 44.1 Å². The van der Waals surface area contributed by atoms with Crippen LogP contribution in [0.3, 0.4) is 0 Å². The van der Waals surface area contributed by atoms with Crippen molar-refractivity contribution in [2.75, 3.05) is 6.61 Å². The molecule has 1 aromatic rings. The highest BCUT2D eigenvalue weighted by Crippen LogP contribution is 2.21. The molecule has 0 atom stereocenters. The number of hydrogen-bond donors (Lipinski definition) is 0. The molecular weight excluding hydrogens is 297 g/mol. The molecule has 1 heterocycles. The largest absolute Gasteiger partial charge is 0.492 e. The Labute approximate surface area is 127 Å². The van der Waals surface area contributed by atoms with Crippen LogP contribution in [0.2, 0.25) is 0 Å². The highest BCUT2D eigenvalue weighted by atomic mass is 32.1. The van der Waals surface area contributed by atoms with E-state index >= 15 is 0 Å². The summed E-state index contributed by atoms with van der Waals surface area (Å²) in [7, 11) is 0. The number of ether oxygens (including phenoxy) is 1. The van der Waals surface area contributed by atoms with E-state index in [2.05, 4.69) is 13.5 Å². The van der Waals surface area contributed by atoms with Crippen LogP contribution < -0.4 is 9.75 Å². The van der Waals surface area contributed by atoms with Crippen molar-refractivity contribution >= 4 is 23.7 Å². The maximum Gasteiger partial charge on any atom is 0.389 e. The molecule has 0 aliphatic carbocycles. The molecule has 0 aliphatic rings. The van der Waals surface area contributed by atoms with Crippen LogP contribution in [-0.4, -0.2) is 12.8 Å². The predicted octanol–water partition coefficient (Wildman–Crippen LogP) is 4.15. The summed E-state index contributed by atoms with van der Waals surface area (Å²) >= 11 is 1.58. The van der Waals surface area contributed by atoms with Crippen LogP contribution in [-0.2, 0) is 11.2 Å². The zero-order valence-electron chi connectivity index (χ0n) is 12.6. The number of rotatable bonds is 6. The highest BCUT2D eigenvalue weighted by molar-refractivity contribution is 7.09. The van der Waals surface area contributed by atoms with Crippen LogP contribution in [0, 0.1) is 0 Å². The van der Waals surface area contributed by atoms with Crippen molar-refractivity contribution in [2.45, 2.75) is 46.2 Å². The minimum atomic E-state index is -4.13. The van der Waals surface area contributed by atoms with E-state index in [0.29, 0.717) is 5.76 Å². The Hall–Kier alpha value is -1.23. The second-order valence-electron chi connectivity index (χ2n) is 5.07. The summed E-state index contributed by atoms with van der Waals surface area (Å²) in [6, 6.07) is 2.00. The molecule has 0 fully saturated rings. The van der Waals surface area contributed by atoms with Crippen molar-refractivity contribution in [3.05, 3.63) is 32.3 Å². The van der Waals surface area contributed by atoms with Gasteiger partial charge >= 0.3 is 6.18 Å². The van der Waals surface area contributed by atoms with E-state index in [1.165, 1.54) is 4.88 Å². The van der Waals surface area contributed by atoms with Gasteiger partial charge in [-0.15, -0.1) is 11.3 Å². The fraction of sp³-hybridized carbons (Fsp3) is 0.500. The molecule has 0 saturated heterocycles. The number of halogens is 3. The maximum absolute atomic E-state index is 12.1. The van der Waals surface area contributed by atoms with Crippen LogP contribution in [0.15, 0.2) is 17.7 Å². The smallest absolute Gasteiger partial charge is 0.389 e. The van der Waals surface area contributed by atoms with Gasteiger partial charge in [-0.1, -0.05) is 19.1 Å². The van der Waals surface area contributed by atoms with Crippen LogP contribution in [0.25, 0.3) is 12.3 Å². The molecule has 5 heteroatoms. The maximum atomic E-state index is 12.1. The van der Waals surface area contributed by atoms with Gasteiger partial charge in [0.05, 0.1) is 11.1 Å². The third-order valence-electron chi connectivity index (χ3n) is 2.71. The average Bonchev–Trinajstić information content (AvgIpc) is 2.73. The zero-order chi connectivity index (χ0) is 16.0. The van der Waals surface area contributed by atoms with E-state index in [4.69, 9.17) is 4.74 Å². The van der Waals surface area contributed by atoms with Gasteiger partial charge in [0.1, 0.15) is 5.76 Å². The van der Waals surface area contributed by atoms with E-state index in [0.717, 1.165) is 21.7 Å². The van der Waals surface area contributed by atoms with Crippen molar-refractivity contribution in [1.29, 1.82) is 0 Å². The molecule has 118 valence electrons. The van der Waals surface area contributed by atoms with Crippen LogP contribution in [0.5, 0.6) is 0 Å². The Morgan fingerprint density at radius 2 is 2.05 bits per heavy atom. The third-order valence-corrected chi connectivity index (χ3v) is 4.05. The van der Waals surface area contributed by atoms with Gasteiger partial charge in [0.15, 0.2) is 0 Å². The molecule has 0 radical (unpaired) electrons. The van der Waals surface area contributed by atoms with E-state index in [-0.39, 0.29) is 13.0 Å². The Bertz CT molecular complexity index is 592. The van der Waals surface area contributed by atoms with E-state index < -0.39 is 12.6 Å². The molecule has 0 saturated carbocycles. The summed E-state index contributed by atoms with van der Waals surface area (Å²) < 4.78 is 42.9. The first-order chi connectivity index (χ1) is 9.73. The average molecular weight is 318 g/mol. The zero-order valence-corrected chi connectivity index (χ0v) is 13.5. The molecule has 0 N–H and O–H groups in total. The molecule has 0 bridgehead atoms. The van der Waals surface area contributed by atoms with E-state index in [9.17, 15) is 13.2 Å². The number of aryl methyl sites for hydroxylation is 1. The molecule has 0 aliphatic heterocycles. The summed E-state index contributed by atoms with van der Waals surface area (Å²) in [5.74, 6) is 0.617. The van der Waals surface area contributed by atoms with Crippen molar-refractivity contribution in [3.8, 4) is 0 Å². The predicted molar refractivity (Wildman–Crippen MR) is 82.5 cm³/mol. The molecule has 1 rings (SSSR count). The standard InChI is InChI=1S/C16H21F3OS/c1-5-13-10-12(4)15(21-13)14(9-11(2)3)20-8-6-7-16(17,18)19/h9-10H,4-8H2,1-3H3/b15-14-. The molecule has 21 heavy (non-hydrogen) atoms. The number of alkyl halides is 3. The van der Waals surface area contributed by atoms with Gasteiger partial charge in [0, 0.05) is 11.3 Å². The Kier molecular flexibility index (Phi) is 6.52. The first-order valence-electron chi connectivity index (χ1n) is 6.89. The van der Waals surface area contributed by atoms with Crippen molar-refractivity contribution in [3.63, 3.8) is 0 Å². The number of allylic oxidation sites excluding steroid dienone is 1. The number of thiophene rings is 1. The monoisotopic (exact) mass is 318 g/mol. The Balaban J connectivity index is 2.94. The lowest BCUT2D eigenvalue weighted by Gasteiger charge is -2.09. The van der Waals surface area contributed by atoms with Gasteiger partial charge in [0.2, 0.25) is 0 Å². The summed E-state index contributed by atoms with van der Waals surface area (Å²) in [5.41, 5.74) is 1.03. The minimum absolute atomic E-state index is 0.0396. The van der Waals surface area contributed by atoms with Crippen molar-refractivity contribution < 1.29 is 17.9 Å². The molecular formula is C16H21F3OS. The lowest BCUT2D eigenvalue weighted by atomic mass is 10.2. The van der Waals surface area contributed by atoms with Gasteiger partial charge in [0.25, 0.3) is 0 Å². The fourth-order valence-corrected chi connectivity index (χ4v) is 2.77. The summed E-state index contributed by atoms with van der Waals surface area (Å²) in [4.78, 5) is 1.19. The molecule has 0 amide bonds. The topological polar surface area (TPSA) is 9.23 Å². The van der Waals surface area contributed by atoms with Crippen molar-refractivity contribution in [1.82, 2.24) is 0 Å². The molecule has 1 nitrogen and oxygen atoms in total. The summed E-state index contributed by atoms with van der Waals surface area (Å²) in [5, 5.41) is 0.861. The first kappa shape index (κ1) is 17.8. The van der Waals surface area contributed by atoms with Gasteiger partial charge < -0.3 is 4.74 Å². The van der Waals surface area contributed by atoms with Crippen LogP contribution in [0.1, 0.15) is 38.5 Å². The van der Waals surface area contributed by atoms with Gasteiger partial charge in [-0.3, -0.25) is 0 Å². The first-order valence-corrected chi connectivity index (χ1v) is 7.71. The lowest BCUT2D eigenvalue weighted by molar-refractivity contribution is -0.136. The molecule has 1 aromatic heterocycles. The van der Waals surface area contributed by atoms with Crippen LogP contribution >= 0.6 is 11.3 Å². The van der Waals surface area contributed by atoms with Crippen molar-refractivity contribution in [2.24, 2.45) is 0 Å². The fourth-order valence-electron chi connectivity index (χ4n) is 1.76. The number of hydrogen-bond acceptors (Lipinski definition) is 2. The van der Waals surface area contributed by atoms with E-state index in [1.54, 1.807) is 11.3 Å². The Morgan fingerprint density at radius 1 is 1.38 bits per heavy atom. The summed E-state index contributed by atoms with van der Waals surface area (Å²) in [6.07, 6.45) is -2.23. The van der Waals surface area contributed by atoms with E-state index in [1.807, 2.05) is 26.0 Å². The second-order valence-corrected chi connectivity index (χ2v) is 6.21. The highest BCUT2D eigenvalue weighted by Gasteiger charge is 2.26. The quantitative estimate of drug-likeness (QED) is 0.716. The lowest BCUT2D eigenvalue weighted by Crippen LogP contribution is -2.20. The van der Waals surface area contributed by atoms with Gasteiger partial charge in [-0.25, -0.2) is 0 Å². The van der Waals surface area contributed by atoms with Crippen LogP contribution in [0.4, 0.5) is 13.2 Å². The van der Waals surface area contributed by atoms with Gasteiger partial charge in [-0.2, -0.15) is 13.2 Å². The second kappa shape index (κ2) is 7.69. The normalized spacial score (nSPS) is 13.0. The third kappa shape index (κ3) is 6.38. The Morgan fingerprint density at radius 3 is 2.52 bits per heavy atom.